The second-order valence-electron chi connectivity index (χ2n) is 4.32. The summed E-state index contributed by atoms with van der Waals surface area (Å²) in [6.07, 6.45) is 1.86. The monoisotopic (exact) mass is 346 g/mol. The summed E-state index contributed by atoms with van der Waals surface area (Å²) < 4.78 is 12.3. The van der Waals surface area contributed by atoms with Gasteiger partial charge in [-0.1, -0.05) is 28.1 Å². The highest BCUT2D eigenvalue weighted by Gasteiger charge is 2.18. The van der Waals surface area contributed by atoms with Gasteiger partial charge in [-0.3, -0.25) is 4.21 Å². The van der Waals surface area contributed by atoms with Crippen LogP contribution >= 0.6 is 28.1 Å². The van der Waals surface area contributed by atoms with Gasteiger partial charge in [-0.2, -0.15) is 0 Å². The fraction of sp³-hybridized carbons (Fsp3) is 0.417. The van der Waals surface area contributed by atoms with Crippen molar-refractivity contribution in [2.45, 2.75) is 18.9 Å². The molecule has 0 unspecified atom stereocenters. The van der Waals surface area contributed by atoms with Crippen molar-refractivity contribution in [3.05, 3.63) is 28.2 Å². The molecule has 0 radical (unpaired) electrons. The van der Waals surface area contributed by atoms with Crippen molar-refractivity contribution in [1.82, 2.24) is 0 Å². The minimum absolute atomic E-state index is 0.358. The fourth-order valence-corrected chi connectivity index (χ4v) is 3.83. The zero-order valence-electron chi connectivity index (χ0n) is 9.82. The Kier molecular flexibility index (Phi) is 4.75. The lowest BCUT2D eigenvalue weighted by Crippen LogP contribution is -2.30. The maximum atomic E-state index is 11.3. The molecular weight excluding hydrogens is 332 g/mol. The van der Waals surface area contributed by atoms with Crippen LogP contribution < -0.4 is 11.1 Å². The fourth-order valence-electron chi connectivity index (χ4n) is 2.00. The Balaban J connectivity index is 2.13. The van der Waals surface area contributed by atoms with E-state index in [1.165, 1.54) is 0 Å². The van der Waals surface area contributed by atoms with Gasteiger partial charge in [0.2, 0.25) is 0 Å². The molecule has 0 bridgehead atoms. The molecule has 1 aliphatic heterocycles. The first-order chi connectivity index (χ1) is 8.56. The van der Waals surface area contributed by atoms with Crippen LogP contribution in [-0.4, -0.2) is 26.7 Å². The highest BCUT2D eigenvalue weighted by Crippen LogP contribution is 2.24. The maximum Gasteiger partial charge on any atom is 0.106 e. The molecule has 3 nitrogen and oxygen atoms in total. The zero-order valence-corrected chi connectivity index (χ0v) is 13.0. The van der Waals surface area contributed by atoms with Crippen LogP contribution in [0.5, 0.6) is 0 Å². The highest BCUT2D eigenvalue weighted by atomic mass is 79.9. The molecule has 1 heterocycles. The minimum Gasteiger partial charge on any atom is -0.389 e. The Morgan fingerprint density at radius 1 is 1.44 bits per heavy atom. The van der Waals surface area contributed by atoms with E-state index in [0.717, 1.165) is 40.1 Å². The van der Waals surface area contributed by atoms with E-state index < -0.39 is 10.8 Å². The normalized spacial score (nSPS) is 23.6. The van der Waals surface area contributed by atoms with E-state index in [0.29, 0.717) is 11.0 Å². The molecule has 18 heavy (non-hydrogen) atoms. The molecule has 1 saturated heterocycles. The highest BCUT2D eigenvalue weighted by molar-refractivity contribution is 9.10. The van der Waals surface area contributed by atoms with Gasteiger partial charge in [0.1, 0.15) is 4.99 Å². The molecule has 1 fully saturated rings. The number of halogens is 1. The SMILES string of the molecule is NC(=S)c1cc(Br)ccc1NC1CCS(=O)CC1. The maximum absolute atomic E-state index is 11.3. The molecule has 3 N–H and O–H groups in total. The molecule has 0 saturated carbocycles. The quantitative estimate of drug-likeness (QED) is 0.825. The number of nitrogens with two attached hydrogens (primary N) is 1. The average molecular weight is 347 g/mol. The minimum atomic E-state index is -0.635. The average Bonchev–Trinajstić information content (AvgIpc) is 2.34. The third kappa shape index (κ3) is 3.52. The molecule has 1 aromatic carbocycles. The zero-order chi connectivity index (χ0) is 13.1. The molecule has 98 valence electrons. The molecule has 1 aromatic rings. The van der Waals surface area contributed by atoms with Gasteiger partial charge in [0, 0.05) is 44.1 Å². The third-order valence-corrected chi connectivity index (χ3v) is 5.09. The van der Waals surface area contributed by atoms with Crippen molar-refractivity contribution >= 4 is 49.6 Å². The smallest absolute Gasteiger partial charge is 0.106 e. The first-order valence-corrected chi connectivity index (χ1v) is 8.46. The summed E-state index contributed by atoms with van der Waals surface area (Å²) in [4.78, 5) is 0.387. The predicted molar refractivity (Wildman–Crippen MR) is 84.6 cm³/mol. The summed E-state index contributed by atoms with van der Waals surface area (Å²) in [5.41, 5.74) is 7.55. The number of rotatable bonds is 3. The van der Waals surface area contributed by atoms with Gasteiger partial charge in [-0.25, -0.2) is 0 Å². The third-order valence-electron chi connectivity index (χ3n) is 2.99. The van der Waals surface area contributed by atoms with Crippen molar-refractivity contribution in [2.24, 2.45) is 5.73 Å². The summed E-state index contributed by atoms with van der Waals surface area (Å²) in [6, 6.07) is 6.22. The molecular formula is C12H15BrN2OS2. The van der Waals surface area contributed by atoms with Crippen molar-refractivity contribution in [3.63, 3.8) is 0 Å². The molecule has 0 aliphatic carbocycles. The van der Waals surface area contributed by atoms with E-state index in [4.69, 9.17) is 18.0 Å². The summed E-state index contributed by atoms with van der Waals surface area (Å²) in [6.45, 7) is 0. The first-order valence-electron chi connectivity index (χ1n) is 5.77. The van der Waals surface area contributed by atoms with Crippen LogP contribution in [0.1, 0.15) is 18.4 Å². The molecule has 0 aromatic heterocycles. The van der Waals surface area contributed by atoms with Crippen LogP contribution in [0.2, 0.25) is 0 Å². The van der Waals surface area contributed by atoms with Crippen LogP contribution in [-0.2, 0) is 10.8 Å². The Labute approximate surface area is 123 Å². The lowest BCUT2D eigenvalue weighted by atomic mass is 10.1. The van der Waals surface area contributed by atoms with Gasteiger partial charge >= 0.3 is 0 Å². The predicted octanol–water partition coefficient (Wildman–Crippen LogP) is 2.41. The van der Waals surface area contributed by atoms with Crippen molar-refractivity contribution < 1.29 is 4.21 Å². The van der Waals surface area contributed by atoms with Crippen LogP contribution in [0, 0.1) is 0 Å². The van der Waals surface area contributed by atoms with Gasteiger partial charge in [0.25, 0.3) is 0 Å². The molecule has 0 atom stereocenters. The number of anilines is 1. The number of benzene rings is 1. The first kappa shape index (κ1) is 14.0. The van der Waals surface area contributed by atoms with E-state index in [1.807, 2.05) is 18.2 Å². The van der Waals surface area contributed by atoms with Crippen molar-refractivity contribution in [3.8, 4) is 0 Å². The van der Waals surface area contributed by atoms with Crippen LogP contribution in [0.15, 0.2) is 22.7 Å². The Morgan fingerprint density at radius 3 is 2.72 bits per heavy atom. The van der Waals surface area contributed by atoms with Gasteiger partial charge in [-0.05, 0) is 31.0 Å². The van der Waals surface area contributed by atoms with Crippen LogP contribution in [0.3, 0.4) is 0 Å². The second kappa shape index (κ2) is 6.12. The van der Waals surface area contributed by atoms with Crippen molar-refractivity contribution in [2.75, 3.05) is 16.8 Å². The van der Waals surface area contributed by atoms with Gasteiger partial charge in [0.15, 0.2) is 0 Å². The summed E-state index contributed by atoms with van der Waals surface area (Å²) in [5.74, 6) is 1.55. The second-order valence-corrected chi connectivity index (χ2v) is 7.37. The van der Waals surface area contributed by atoms with E-state index >= 15 is 0 Å². The topological polar surface area (TPSA) is 55.1 Å². The summed E-state index contributed by atoms with van der Waals surface area (Å²) in [5, 5.41) is 3.46. The van der Waals surface area contributed by atoms with Gasteiger partial charge in [-0.15, -0.1) is 0 Å². The molecule has 0 spiro atoms. The largest absolute Gasteiger partial charge is 0.389 e. The Morgan fingerprint density at radius 2 is 2.11 bits per heavy atom. The van der Waals surface area contributed by atoms with Crippen LogP contribution in [0.25, 0.3) is 0 Å². The van der Waals surface area contributed by atoms with Crippen molar-refractivity contribution in [1.29, 1.82) is 0 Å². The molecule has 0 amide bonds. The lowest BCUT2D eigenvalue weighted by Gasteiger charge is -2.24. The Hall–Kier alpha value is -0.460. The molecule has 2 rings (SSSR count). The van der Waals surface area contributed by atoms with E-state index in [-0.39, 0.29) is 0 Å². The van der Waals surface area contributed by atoms with E-state index in [9.17, 15) is 4.21 Å². The van der Waals surface area contributed by atoms with E-state index in [1.54, 1.807) is 0 Å². The van der Waals surface area contributed by atoms with Gasteiger partial charge in [0.05, 0.1) is 0 Å². The molecule has 6 heteroatoms. The summed E-state index contributed by atoms with van der Waals surface area (Å²) in [7, 11) is -0.635. The van der Waals surface area contributed by atoms with Gasteiger partial charge < -0.3 is 11.1 Å². The van der Waals surface area contributed by atoms with Crippen LogP contribution in [0.4, 0.5) is 5.69 Å². The molecule has 1 aliphatic rings. The van der Waals surface area contributed by atoms with E-state index in [2.05, 4.69) is 21.2 Å². The number of nitrogens with one attached hydrogen (secondary N) is 1. The Bertz CT molecular complexity index is 483. The number of hydrogen-bond acceptors (Lipinski definition) is 3. The summed E-state index contributed by atoms with van der Waals surface area (Å²) >= 11 is 8.48. The lowest BCUT2D eigenvalue weighted by molar-refractivity contribution is 0.624. The number of hydrogen-bond donors (Lipinski definition) is 2. The standard InChI is InChI=1S/C12H15BrN2OS2/c13-8-1-2-11(10(7-8)12(14)17)15-9-3-5-18(16)6-4-9/h1-2,7,9,15H,3-6H2,(H2,14,17). The number of thiocarbonyl (C=S) groups is 1.